The minimum absolute atomic E-state index is 0.0843. The first-order chi connectivity index (χ1) is 9.61. The number of carbonyl (C=O) groups excluding carboxylic acids is 1. The molecule has 4 heteroatoms. The standard InChI is InChI=1S/C16H21N3O/c1-3-4-7-11(2)18-16(20)13-10-15(17)19-14-9-6-5-8-12(13)14/h5-6,8-11H,3-4,7H2,1-2H3,(H2,17,19)(H,18,20). The monoisotopic (exact) mass is 271 g/mol. The summed E-state index contributed by atoms with van der Waals surface area (Å²) in [6.45, 7) is 4.17. The lowest BCUT2D eigenvalue weighted by atomic mass is 10.1. The Morgan fingerprint density at radius 3 is 2.90 bits per heavy atom. The SMILES string of the molecule is CCCCC(C)NC(=O)c1cc(N)nc2ccccc12. The highest BCUT2D eigenvalue weighted by molar-refractivity contribution is 6.06. The zero-order valence-electron chi connectivity index (χ0n) is 12.0. The van der Waals surface area contributed by atoms with E-state index in [-0.39, 0.29) is 11.9 Å². The highest BCUT2D eigenvalue weighted by Gasteiger charge is 2.14. The molecule has 0 spiro atoms. The summed E-state index contributed by atoms with van der Waals surface area (Å²) >= 11 is 0. The number of nitrogen functional groups attached to an aromatic ring is 1. The van der Waals surface area contributed by atoms with E-state index in [1.165, 1.54) is 0 Å². The number of hydrogen-bond donors (Lipinski definition) is 2. The van der Waals surface area contributed by atoms with Gasteiger partial charge in [-0.15, -0.1) is 0 Å². The fourth-order valence-corrected chi connectivity index (χ4v) is 2.27. The lowest BCUT2D eigenvalue weighted by molar-refractivity contribution is 0.0939. The van der Waals surface area contributed by atoms with Gasteiger partial charge in [0.2, 0.25) is 0 Å². The first kappa shape index (κ1) is 14.3. The van der Waals surface area contributed by atoms with Crippen molar-refractivity contribution >= 4 is 22.6 Å². The maximum Gasteiger partial charge on any atom is 0.252 e. The van der Waals surface area contributed by atoms with Gasteiger partial charge in [-0.2, -0.15) is 0 Å². The molecule has 0 radical (unpaired) electrons. The summed E-state index contributed by atoms with van der Waals surface area (Å²) in [6.07, 6.45) is 3.23. The third-order valence-corrected chi connectivity index (χ3v) is 3.35. The Balaban J connectivity index is 2.25. The number of pyridine rings is 1. The van der Waals surface area contributed by atoms with Crippen LogP contribution in [-0.4, -0.2) is 16.9 Å². The maximum absolute atomic E-state index is 12.4. The molecular formula is C16H21N3O. The lowest BCUT2D eigenvalue weighted by Crippen LogP contribution is -2.32. The number of anilines is 1. The van der Waals surface area contributed by atoms with Crippen LogP contribution in [0.1, 0.15) is 43.5 Å². The Labute approximate surface area is 119 Å². The van der Waals surface area contributed by atoms with E-state index in [1.807, 2.05) is 31.2 Å². The summed E-state index contributed by atoms with van der Waals surface area (Å²) in [5, 5.41) is 3.86. The van der Waals surface area contributed by atoms with Gasteiger partial charge in [0.25, 0.3) is 5.91 Å². The summed E-state index contributed by atoms with van der Waals surface area (Å²) in [7, 11) is 0. The summed E-state index contributed by atoms with van der Waals surface area (Å²) in [4.78, 5) is 16.6. The fourth-order valence-electron chi connectivity index (χ4n) is 2.27. The third kappa shape index (κ3) is 3.26. The molecule has 1 unspecified atom stereocenters. The Morgan fingerprint density at radius 1 is 1.40 bits per heavy atom. The minimum atomic E-state index is -0.0843. The molecule has 0 aliphatic carbocycles. The summed E-state index contributed by atoms with van der Waals surface area (Å²) in [5.41, 5.74) is 7.13. The summed E-state index contributed by atoms with van der Waals surface area (Å²) < 4.78 is 0. The van der Waals surface area contributed by atoms with Crippen molar-refractivity contribution < 1.29 is 4.79 Å². The second-order valence-corrected chi connectivity index (χ2v) is 5.13. The zero-order valence-corrected chi connectivity index (χ0v) is 12.0. The summed E-state index contributed by atoms with van der Waals surface area (Å²) in [5.74, 6) is 0.286. The van der Waals surface area contributed by atoms with Gasteiger partial charge in [0.1, 0.15) is 5.82 Å². The Hall–Kier alpha value is -2.10. The van der Waals surface area contributed by atoms with Gasteiger partial charge in [0.15, 0.2) is 0 Å². The van der Waals surface area contributed by atoms with Crippen molar-refractivity contribution in [2.75, 3.05) is 5.73 Å². The molecule has 1 aromatic heterocycles. The van der Waals surface area contributed by atoms with Gasteiger partial charge >= 0.3 is 0 Å². The van der Waals surface area contributed by atoms with Crippen molar-refractivity contribution in [2.24, 2.45) is 0 Å². The third-order valence-electron chi connectivity index (χ3n) is 3.35. The van der Waals surface area contributed by atoms with Gasteiger partial charge in [-0.1, -0.05) is 38.0 Å². The van der Waals surface area contributed by atoms with Crippen LogP contribution in [0.2, 0.25) is 0 Å². The molecule has 1 aromatic carbocycles. The van der Waals surface area contributed by atoms with E-state index in [9.17, 15) is 4.79 Å². The van der Waals surface area contributed by atoms with Gasteiger partial charge in [-0.25, -0.2) is 4.98 Å². The molecule has 2 rings (SSSR count). The largest absolute Gasteiger partial charge is 0.384 e. The predicted octanol–water partition coefficient (Wildman–Crippen LogP) is 3.13. The summed E-state index contributed by atoms with van der Waals surface area (Å²) in [6, 6.07) is 9.36. The van der Waals surface area contributed by atoms with Crippen molar-refractivity contribution in [2.45, 2.75) is 39.2 Å². The second-order valence-electron chi connectivity index (χ2n) is 5.13. The number of benzene rings is 1. The number of nitrogens with one attached hydrogen (secondary N) is 1. The molecule has 0 bridgehead atoms. The topological polar surface area (TPSA) is 68.0 Å². The molecule has 0 saturated carbocycles. The number of hydrogen-bond acceptors (Lipinski definition) is 3. The first-order valence-corrected chi connectivity index (χ1v) is 7.08. The van der Waals surface area contributed by atoms with Gasteiger partial charge < -0.3 is 11.1 Å². The second kappa shape index (κ2) is 6.37. The van der Waals surface area contributed by atoms with Crippen LogP contribution in [0.4, 0.5) is 5.82 Å². The van der Waals surface area contributed by atoms with Gasteiger partial charge in [-0.3, -0.25) is 4.79 Å². The molecule has 1 atom stereocenters. The molecule has 0 saturated heterocycles. The molecule has 0 aliphatic rings. The van der Waals surface area contributed by atoms with Crippen molar-refractivity contribution in [3.63, 3.8) is 0 Å². The van der Waals surface area contributed by atoms with E-state index >= 15 is 0 Å². The van der Waals surface area contributed by atoms with Gasteiger partial charge in [0, 0.05) is 11.4 Å². The Bertz CT molecular complexity index is 610. The highest BCUT2D eigenvalue weighted by atomic mass is 16.1. The molecular weight excluding hydrogens is 250 g/mol. The quantitative estimate of drug-likeness (QED) is 0.878. The molecule has 0 aliphatic heterocycles. The van der Waals surface area contributed by atoms with E-state index in [1.54, 1.807) is 6.07 Å². The first-order valence-electron chi connectivity index (χ1n) is 7.08. The molecule has 1 amide bonds. The van der Waals surface area contributed by atoms with Crippen LogP contribution in [0, 0.1) is 0 Å². The highest BCUT2D eigenvalue weighted by Crippen LogP contribution is 2.19. The Kier molecular flexibility index (Phi) is 4.56. The van der Waals surface area contributed by atoms with Crippen LogP contribution in [-0.2, 0) is 0 Å². The number of amides is 1. The fraction of sp³-hybridized carbons (Fsp3) is 0.375. The minimum Gasteiger partial charge on any atom is -0.384 e. The molecule has 20 heavy (non-hydrogen) atoms. The maximum atomic E-state index is 12.4. The van der Waals surface area contributed by atoms with E-state index in [4.69, 9.17) is 5.73 Å². The van der Waals surface area contributed by atoms with E-state index < -0.39 is 0 Å². The number of fused-ring (bicyclic) bond motifs is 1. The normalized spacial score (nSPS) is 12.3. The predicted molar refractivity (Wildman–Crippen MR) is 82.6 cm³/mol. The van der Waals surface area contributed by atoms with E-state index in [0.717, 1.165) is 30.2 Å². The van der Waals surface area contributed by atoms with Crippen LogP contribution in [0.15, 0.2) is 30.3 Å². The van der Waals surface area contributed by atoms with Crippen LogP contribution in [0.3, 0.4) is 0 Å². The zero-order chi connectivity index (χ0) is 14.5. The van der Waals surface area contributed by atoms with Crippen LogP contribution in [0.5, 0.6) is 0 Å². The van der Waals surface area contributed by atoms with Crippen molar-refractivity contribution in [1.82, 2.24) is 10.3 Å². The number of para-hydroxylation sites is 1. The molecule has 4 nitrogen and oxygen atoms in total. The average Bonchev–Trinajstić information content (AvgIpc) is 2.44. The Morgan fingerprint density at radius 2 is 2.15 bits per heavy atom. The van der Waals surface area contributed by atoms with Crippen molar-refractivity contribution in [3.8, 4) is 0 Å². The molecule has 2 aromatic rings. The molecule has 3 N–H and O–H groups in total. The van der Waals surface area contributed by atoms with Crippen molar-refractivity contribution in [3.05, 3.63) is 35.9 Å². The van der Waals surface area contributed by atoms with E-state index in [2.05, 4.69) is 17.2 Å². The van der Waals surface area contributed by atoms with Crippen LogP contribution < -0.4 is 11.1 Å². The van der Waals surface area contributed by atoms with Gasteiger partial charge in [0.05, 0.1) is 11.1 Å². The van der Waals surface area contributed by atoms with Gasteiger partial charge in [-0.05, 0) is 25.5 Å². The number of unbranched alkanes of at least 4 members (excludes halogenated alkanes) is 1. The van der Waals surface area contributed by atoms with Crippen molar-refractivity contribution in [1.29, 1.82) is 0 Å². The number of carbonyl (C=O) groups is 1. The number of rotatable bonds is 5. The number of nitrogens with zero attached hydrogens (tertiary/aromatic N) is 1. The molecule has 1 heterocycles. The lowest BCUT2D eigenvalue weighted by Gasteiger charge is -2.14. The average molecular weight is 271 g/mol. The van der Waals surface area contributed by atoms with Crippen LogP contribution >= 0.6 is 0 Å². The molecule has 0 fully saturated rings. The van der Waals surface area contributed by atoms with E-state index in [0.29, 0.717) is 11.4 Å². The van der Waals surface area contributed by atoms with Crippen LogP contribution in [0.25, 0.3) is 10.9 Å². The number of nitrogens with two attached hydrogens (primary N) is 1. The number of aromatic nitrogens is 1. The molecule has 106 valence electrons. The smallest absolute Gasteiger partial charge is 0.252 e.